The van der Waals surface area contributed by atoms with E-state index in [1.165, 1.54) is 10.5 Å². The average Bonchev–Trinajstić information content (AvgIpc) is 1.57. The number of fused-ring (bicyclic) bond motifs is 4. The zero-order valence-electron chi connectivity index (χ0n) is 66.2. The van der Waals surface area contributed by atoms with E-state index in [2.05, 4.69) is 27.3 Å². The summed E-state index contributed by atoms with van der Waals surface area (Å²) >= 11 is 0. The normalized spacial score (nSPS) is 24.6. The molecule has 25 heteroatoms. The van der Waals surface area contributed by atoms with Gasteiger partial charge in [-0.3, -0.25) is 19.2 Å². The van der Waals surface area contributed by atoms with Crippen LogP contribution in [0.1, 0.15) is 194 Å². The number of aliphatic carboxylic acids is 1. The number of benzene rings is 6. The zero-order chi connectivity index (χ0) is 81.1. The molecule has 8 aromatic rings. The Morgan fingerprint density at radius 3 is 1.15 bits per heavy atom. The van der Waals surface area contributed by atoms with Gasteiger partial charge < -0.3 is 55.5 Å². The minimum atomic E-state index is -1.42. The number of amides is 6. The lowest BCUT2D eigenvalue weighted by molar-refractivity contribution is -0.150. The number of ether oxygens (including phenoxy) is 3. The van der Waals surface area contributed by atoms with Crippen LogP contribution in [0, 0.1) is 11.8 Å². The maximum Gasteiger partial charge on any atom is 0.408 e. The number of allylic oxidation sites excluding steroid dienone is 2. The third kappa shape index (κ3) is 22.9. The summed E-state index contributed by atoms with van der Waals surface area (Å²) in [6.45, 7) is 0.648. The molecule has 16 rings (SSSR count). The molecule has 6 fully saturated rings. The number of carboxylic acids is 1. The van der Waals surface area contributed by atoms with Crippen LogP contribution < -0.4 is 21.3 Å². The summed E-state index contributed by atoms with van der Waals surface area (Å²) in [4.78, 5) is 117. The van der Waals surface area contributed by atoms with Crippen molar-refractivity contribution in [2.75, 3.05) is 26.3 Å². The van der Waals surface area contributed by atoms with E-state index < -0.39 is 89.2 Å². The number of nitrogens with zero attached hydrogens (tertiary/aromatic N) is 8. The third-order valence-electron chi connectivity index (χ3n) is 23.8. The Balaban J connectivity index is 0.000000225. The molecule has 6 N–H and O–H groups in total. The van der Waals surface area contributed by atoms with Crippen molar-refractivity contribution in [2.24, 2.45) is 11.8 Å². The highest BCUT2D eigenvalue weighted by Gasteiger charge is 2.63. The molecule has 6 aromatic carbocycles. The van der Waals surface area contributed by atoms with E-state index in [0.717, 1.165) is 124 Å². The van der Waals surface area contributed by atoms with Gasteiger partial charge in [-0.15, -0.1) is 0 Å². The van der Waals surface area contributed by atoms with Crippen molar-refractivity contribution < 1.29 is 62.8 Å². The van der Waals surface area contributed by atoms with Gasteiger partial charge in [-0.05, 0) is 120 Å². The molecular weight excluding hydrogens is 1530 g/mol. The van der Waals surface area contributed by atoms with E-state index in [1.54, 1.807) is 14.5 Å². The lowest BCUT2D eigenvalue weighted by Gasteiger charge is -2.30. The number of esters is 1. The van der Waals surface area contributed by atoms with Crippen LogP contribution in [0.5, 0.6) is 0 Å². The first-order valence-corrected chi connectivity index (χ1v) is 41.9. The highest BCUT2D eigenvalue weighted by molar-refractivity contribution is 5.98. The lowest BCUT2D eigenvalue weighted by atomic mass is 10.0. The molecule has 4 saturated carbocycles. The molecular formula is C96H122N12O13. The predicted molar refractivity (Wildman–Crippen MR) is 467 cm³/mol. The molecule has 644 valence electrons. The number of alkyl carbamates (subject to hydrolysis) is 2. The molecule has 4 aliphatic heterocycles. The maximum absolute atomic E-state index is 14.8. The highest BCUT2D eigenvalue weighted by Crippen LogP contribution is 2.48. The summed E-state index contributed by atoms with van der Waals surface area (Å²) in [5.74, 6) is -3.91. The van der Waals surface area contributed by atoms with Crippen LogP contribution in [-0.2, 0) is 55.8 Å². The van der Waals surface area contributed by atoms with Crippen LogP contribution in [0.2, 0.25) is 0 Å². The first-order valence-electron chi connectivity index (χ1n) is 41.9. The SMILES string of the molecule is C.C.C.C.O=C(N[C@H]1CCCCC/C=C\C2C[C@@]2(C(=O)O)NC(=O)[C@@H]2C[C@@H](n3nc(-c4ccccc4)c(-c4ccccc4)n3)CN2C1=O)OC1CCCC1.O=C(N[C@H]1CCCCC/C=C\C2C[C@@]2(C(=O)OCCc2ccccc2)NC(=O)[C@@H]2C[C@@H](n3nc(-c4ccccc4)c(-c4ccccc4)n3)CN2C1=O)OC1CCCC1.OCCc1ccccc1. The van der Waals surface area contributed by atoms with Gasteiger partial charge in [0.1, 0.15) is 70.2 Å². The molecule has 2 unspecified atom stereocenters. The summed E-state index contributed by atoms with van der Waals surface area (Å²) in [7, 11) is 0. The molecule has 8 aliphatic rings. The number of aliphatic hydroxyl groups is 1. The maximum atomic E-state index is 14.8. The average molecular weight is 1650 g/mol. The Morgan fingerprint density at radius 2 is 0.777 bits per heavy atom. The lowest BCUT2D eigenvalue weighted by Crippen LogP contribution is -2.56. The highest BCUT2D eigenvalue weighted by atomic mass is 16.6. The third-order valence-corrected chi connectivity index (χ3v) is 23.8. The molecule has 0 spiro atoms. The van der Waals surface area contributed by atoms with Crippen molar-refractivity contribution in [1.29, 1.82) is 0 Å². The second kappa shape index (κ2) is 43.6. The topological polar surface area (TPSA) is 321 Å². The largest absolute Gasteiger partial charge is 0.479 e. The van der Waals surface area contributed by atoms with Gasteiger partial charge in [0, 0.05) is 73.0 Å². The number of aromatic nitrogens is 6. The van der Waals surface area contributed by atoms with Gasteiger partial charge in [-0.2, -0.15) is 30.0 Å². The van der Waals surface area contributed by atoms with E-state index in [-0.39, 0.29) is 105 Å². The van der Waals surface area contributed by atoms with E-state index >= 15 is 0 Å². The minimum Gasteiger partial charge on any atom is -0.479 e. The fourth-order valence-electron chi connectivity index (χ4n) is 17.1. The summed E-state index contributed by atoms with van der Waals surface area (Å²) in [5.41, 5.74) is 5.81. The molecule has 10 atom stereocenters. The van der Waals surface area contributed by atoms with Crippen LogP contribution in [0.15, 0.2) is 206 Å². The second-order valence-electron chi connectivity index (χ2n) is 32.0. The van der Waals surface area contributed by atoms with Gasteiger partial charge in [0.25, 0.3) is 0 Å². The molecule has 6 amide bonds. The number of carbonyl (C=O) groups excluding carboxylic acids is 7. The predicted octanol–water partition coefficient (Wildman–Crippen LogP) is 16.0. The first-order chi connectivity index (χ1) is 57.1. The summed E-state index contributed by atoms with van der Waals surface area (Å²) in [6.07, 6.45) is 23.1. The van der Waals surface area contributed by atoms with Crippen LogP contribution in [0.25, 0.3) is 45.0 Å². The van der Waals surface area contributed by atoms with Crippen molar-refractivity contribution >= 4 is 47.8 Å². The molecule has 25 nitrogen and oxygen atoms in total. The van der Waals surface area contributed by atoms with Gasteiger partial charge >= 0.3 is 24.1 Å². The van der Waals surface area contributed by atoms with E-state index in [9.17, 15) is 43.5 Å². The van der Waals surface area contributed by atoms with Gasteiger partial charge in [-0.1, -0.05) is 262 Å². The van der Waals surface area contributed by atoms with Crippen molar-refractivity contribution in [3.63, 3.8) is 0 Å². The molecule has 4 aliphatic carbocycles. The van der Waals surface area contributed by atoms with E-state index in [4.69, 9.17) is 39.7 Å². The number of carbonyl (C=O) groups is 8. The summed E-state index contributed by atoms with van der Waals surface area (Å²) in [6, 6.07) is 54.1. The van der Waals surface area contributed by atoms with Crippen LogP contribution >= 0.6 is 0 Å². The minimum absolute atomic E-state index is 0. The van der Waals surface area contributed by atoms with Crippen molar-refractivity contribution in [3.05, 3.63) is 217 Å². The standard InChI is InChI=1S/C46H52N6O6.C38H44N6O6.C8H10O.4CH4/c53-42-39-29-36(52-49-40(33-19-9-5-10-20-33)41(50-52)34-21-11-6-12-22-34)31-51(39)43(54)38(47-45(56)58-37-24-15-16-25-37)26-14-3-1-2-13-23-35-30-46(35,48-42)44(55)57-28-27-32-17-7-4-8-18-32;45-34-31-22-28(44-41-32(25-14-6-4-7-15-25)33(42-44)26-16-8-5-9-17-26)24-43(31)35(46)30(39-37(49)50-29-19-12-13-20-29)21-11-3-1-2-10-18-27-23-38(27,40-34)36(47)48;9-7-6-8-4-2-1-3-5-8;;;;/h4-13,17-23,35-39H,1-3,14-16,24-31H2,(H,47,56)(H,48,53);4-10,14-18,27-31H,1-3,11-13,19-24H2,(H,39,49)(H,40,45)(H,47,48);1-5,9H,6-7H2;4*1H4/b23-13-;18-10-;;;;;/t35?,36-,38+,39+,46-;27?,28-,30+,31+,38-;;;;;/m11...../s1. The van der Waals surface area contributed by atoms with Crippen LogP contribution in [0.3, 0.4) is 0 Å². The van der Waals surface area contributed by atoms with Gasteiger partial charge in [-0.25, -0.2) is 19.2 Å². The Morgan fingerprint density at radius 1 is 0.438 bits per heavy atom. The number of hydrogen-bond donors (Lipinski definition) is 6. The van der Waals surface area contributed by atoms with Gasteiger partial charge in [0.05, 0.1) is 18.7 Å². The Labute approximate surface area is 711 Å². The number of carboxylic acid groups (broad SMARTS) is 1. The molecule has 2 aromatic heterocycles. The fraction of sp³-hybridized carbons (Fsp3) is 0.458. The number of aliphatic hydroxyl groups excluding tert-OH is 1. The number of hydrogen-bond acceptors (Lipinski definition) is 16. The zero-order valence-corrected chi connectivity index (χ0v) is 66.2. The number of rotatable bonds is 17. The molecule has 2 saturated heterocycles. The first kappa shape index (κ1) is 91.7. The molecule has 6 heterocycles. The summed E-state index contributed by atoms with van der Waals surface area (Å²) in [5, 5.41) is 50.3. The van der Waals surface area contributed by atoms with Gasteiger partial charge in [0.2, 0.25) is 23.6 Å². The van der Waals surface area contributed by atoms with Gasteiger partial charge in [0.15, 0.2) is 0 Å². The van der Waals surface area contributed by atoms with Crippen LogP contribution in [-0.4, -0.2) is 172 Å². The molecule has 121 heavy (non-hydrogen) atoms. The molecule has 0 bridgehead atoms. The van der Waals surface area contributed by atoms with Crippen LogP contribution in [0.4, 0.5) is 9.59 Å². The van der Waals surface area contributed by atoms with E-state index in [0.29, 0.717) is 61.3 Å². The van der Waals surface area contributed by atoms with Crippen molar-refractivity contribution in [2.45, 2.75) is 243 Å². The Bertz CT molecular complexity index is 4640. The Hall–Kier alpha value is -11.6. The summed E-state index contributed by atoms with van der Waals surface area (Å²) < 4.78 is 17.3. The van der Waals surface area contributed by atoms with Crippen molar-refractivity contribution in [1.82, 2.24) is 61.1 Å². The van der Waals surface area contributed by atoms with Crippen molar-refractivity contribution in [3.8, 4) is 45.0 Å². The number of nitrogens with one attached hydrogen (secondary N) is 4. The molecule has 0 radical (unpaired) electrons. The fourth-order valence-corrected chi connectivity index (χ4v) is 17.1. The quantitative estimate of drug-likeness (QED) is 0.0280. The second-order valence-corrected chi connectivity index (χ2v) is 32.0. The Kier molecular flexibility index (Phi) is 33.0. The van der Waals surface area contributed by atoms with E-state index in [1.807, 2.05) is 200 Å². The monoisotopic (exact) mass is 1650 g/mol. The smallest absolute Gasteiger partial charge is 0.408 e.